The van der Waals surface area contributed by atoms with Crippen LogP contribution in [0, 0.1) is 17.4 Å². The van der Waals surface area contributed by atoms with Crippen LogP contribution in [-0.2, 0) is 31.9 Å². The molecule has 0 fully saturated rings. The topological polar surface area (TPSA) is 74.7 Å². The number of imidazole rings is 1. The van der Waals surface area contributed by atoms with E-state index in [9.17, 15) is 10.4 Å². The quantitative estimate of drug-likeness (QED) is 0.161. The van der Waals surface area contributed by atoms with E-state index in [0.717, 1.165) is 77.9 Å². The molecular weight excluding hydrogens is 952 g/mol. The van der Waals surface area contributed by atoms with Crippen molar-refractivity contribution in [2.24, 2.45) is 0 Å². The van der Waals surface area contributed by atoms with Crippen LogP contribution in [0.5, 0.6) is 5.75 Å². The summed E-state index contributed by atoms with van der Waals surface area (Å²) in [5.74, 6) is 0.858. The van der Waals surface area contributed by atoms with Gasteiger partial charge in [0.05, 0.1) is 33.9 Å². The average molecular weight is 999 g/mol. The second-order valence-corrected chi connectivity index (χ2v) is 17.9. The second kappa shape index (κ2) is 17.1. The van der Waals surface area contributed by atoms with Gasteiger partial charge in [-0.1, -0.05) is 186 Å². The van der Waals surface area contributed by atoms with Gasteiger partial charge < -0.3 is 5.11 Å². The molecule has 0 amide bonds. The van der Waals surface area contributed by atoms with Gasteiger partial charge in [-0.15, -0.1) is 23.8 Å². The standard InChI is InChI=1S/C57H47N4O.Pt/c1-56(2,3)44-34-47(54(62)48(35-44)57(4,5)6)55-60-53-46(26-18-28-50(53)61(55)49-27-17-16-25-45(49)38-21-12-8-13-22-38)42-31-41(37-19-10-7-11-20-37)32-43(33-42)52-51(39-23-14-9-15-24-39)40(36-58)29-30-59-52;/h7-32,34-35,62H,1-6H3;/q-1;. The van der Waals surface area contributed by atoms with Crippen LogP contribution in [0.3, 0.4) is 0 Å². The van der Waals surface area contributed by atoms with Gasteiger partial charge in [-0.05, 0) is 62.9 Å². The van der Waals surface area contributed by atoms with E-state index >= 15 is 0 Å². The zero-order valence-electron chi connectivity index (χ0n) is 36.2. The summed E-state index contributed by atoms with van der Waals surface area (Å²) < 4.78 is 2.21. The van der Waals surface area contributed by atoms with E-state index in [1.54, 1.807) is 12.3 Å². The molecule has 0 aliphatic heterocycles. The van der Waals surface area contributed by atoms with Crippen molar-refractivity contribution in [1.29, 1.82) is 5.26 Å². The minimum atomic E-state index is -0.344. The van der Waals surface area contributed by atoms with Gasteiger partial charge in [0.15, 0.2) is 0 Å². The first-order chi connectivity index (χ1) is 29.9. The minimum Gasteiger partial charge on any atom is -0.507 e. The molecule has 7 aromatic carbocycles. The molecule has 0 spiro atoms. The van der Waals surface area contributed by atoms with Gasteiger partial charge in [0.2, 0.25) is 0 Å². The molecule has 0 aliphatic carbocycles. The molecule has 63 heavy (non-hydrogen) atoms. The molecule has 0 radical (unpaired) electrons. The van der Waals surface area contributed by atoms with Crippen LogP contribution in [0.2, 0.25) is 0 Å². The number of phenolic OH excluding ortho intramolecular Hbond substituents is 1. The SMILES string of the molecule is CC(C)(C)c1cc(-c2nc3c(-c4[c-]c(-c5nccc(C#N)c5-c5ccccc5)cc(-c5ccccc5)c4)cccc3n2-c2ccccc2-c2ccccc2)c(O)c(C(C)(C)C)c1.[Pt]. The zero-order chi connectivity index (χ0) is 43.2. The van der Waals surface area contributed by atoms with Crippen LogP contribution in [0.25, 0.3) is 83.9 Å². The molecule has 2 heterocycles. The number of para-hydroxylation sites is 2. The summed E-state index contributed by atoms with van der Waals surface area (Å²) >= 11 is 0. The van der Waals surface area contributed by atoms with Crippen molar-refractivity contribution in [2.75, 3.05) is 0 Å². The van der Waals surface area contributed by atoms with Crippen LogP contribution in [-0.4, -0.2) is 19.6 Å². The minimum absolute atomic E-state index is 0. The van der Waals surface area contributed by atoms with Gasteiger partial charge in [-0.2, -0.15) is 5.26 Å². The normalized spacial score (nSPS) is 11.6. The van der Waals surface area contributed by atoms with E-state index in [0.29, 0.717) is 22.6 Å². The third kappa shape index (κ3) is 8.16. The maximum atomic E-state index is 12.4. The predicted octanol–water partition coefficient (Wildman–Crippen LogP) is 14.4. The van der Waals surface area contributed by atoms with E-state index in [1.165, 1.54) is 0 Å². The fourth-order valence-electron chi connectivity index (χ4n) is 8.38. The summed E-state index contributed by atoms with van der Waals surface area (Å²) in [7, 11) is 0. The van der Waals surface area contributed by atoms with Crippen LogP contribution < -0.4 is 0 Å². The molecule has 9 rings (SSSR count). The Morgan fingerprint density at radius 1 is 0.587 bits per heavy atom. The number of aromatic nitrogens is 3. The Balaban J connectivity index is 0.00000544. The largest absolute Gasteiger partial charge is 0.507 e. The summed E-state index contributed by atoms with van der Waals surface area (Å²) in [4.78, 5) is 10.5. The molecule has 0 aliphatic rings. The summed E-state index contributed by atoms with van der Waals surface area (Å²) in [5.41, 5.74) is 14.1. The first kappa shape index (κ1) is 42.8. The van der Waals surface area contributed by atoms with E-state index in [4.69, 9.17) is 9.97 Å². The van der Waals surface area contributed by atoms with Gasteiger partial charge >= 0.3 is 0 Å². The number of fused-ring (bicyclic) bond motifs is 1. The summed E-state index contributed by atoms with van der Waals surface area (Å²) in [5, 5.41) is 22.8. The molecule has 6 heteroatoms. The van der Waals surface area contributed by atoms with E-state index < -0.39 is 0 Å². The molecule has 2 aromatic heterocycles. The first-order valence-electron chi connectivity index (χ1n) is 21.0. The van der Waals surface area contributed by atoms with Crippen molar-refractivity contribution in [1.82, 2.24) is 14.5 Å². The predicted molar refractivity (Wildman–Crippen MR) is 254 cm³/mol. The summed E-state index contributed by atoms with van der Waals surface area (Å²) in [6.45, 7) is 13.0. The maximum absolute atomic E-state index is 12.4. The van der Waals surface area contributed by atoms with Crippen molar-refractivity contribution in [3.63, 3.8) is 0 Å². The molecule has 312 valence electrons. The number of pyridine rings is 1. The van der Waals surface area contributed by atoms with E-state index in [2.05, 4.69) is 161 Å². The Bertz CT molecular complexity index is 3150. The third-order valence-electron chi connectivity index (χ3n) is 11.6. The van der Waals surface area contributed by atoms with Crippen molar-refractivity contribution >= 4 is 11.0 Å². The van der Waals surface area contributed by atoms with Gasteiger partial charge in [-0.25, -0.2) is 4.98 Å². The van der Waals surface area contributed by atoms with Crippen molar-refractivity contribution in [3.8, 4) is 84.7 Å². The van der Waals surface area contributed by atoms with Crippen LogP contribution in [0.4, 0.5) is 0 Å². The molecule has 0 bridgehead atoms. The number of nitriles is 1. The third-order valence-corrected chi connectivity index (χ3v) is 11.6. The van der Waals surface area contributed by atoms with Gasteiger partial charge in [0.1, 0.15) is 11.6 Å². The number of nitrogens with zero attached hydrogens (tertiary/aromatic N) is 4. The molecule has 9 aromatic rings. The number of hydrogen-bond donors (Lipinski definition) is 1. The molecule has 0 unspecified atom stereocenters. The van der Waals surface area contributed by atoms with Crippen LogP contribution in [0.1, 0.15) is 58.2 Å². The Morgan fingerprint density at radius 3 is 1.84 bits per heavy atom. The smallest absolute Gasteiger partial charge is 0.148 e. The molecule has 0 saturated heterocycles. The average Bonchev–Trinajstić information content (AvgIpc) is 3.68. The summed E-state index contributed by atoms with van der Waals surface area (Å²) in [6.07, 6.45) is 1.70. The molecule has 0 saturated carbocycles. The first-order valence-corrected chi connectivity index (χ1v) is 21.0. The van der Waals surface area contributed by atoms with Crippen LogP contribution in [0.15, 0.2) is 170 Å². The van der Waals surface area contributed by atoms with Crippen LogP contribution >= 0.6 is 0 Å². The monoisotopic (exact) mass is 998 g/mol. The number of phenols is 1. The van der Waals surface area contributed by atoms with Gasteiger partial charge in [0.25, 0.3) is 0 Å². The molecule has 0 atom stereocenters. The number of benzene rings is 7. The molecule has 1 N–H and O–H groups in total. The van der Waals surface area contributed by atoms with E-state index in [1.807, 2.05) is 54.6 Å². The van der Waals surface area contributed by atoms with Gasteiger partial charge in [-0.3, -0.25) is 9.55 Å². The van der Waals surface area contributed by atoms with Crippen molar-refractivity contribution < 1.29 is 26.2 Å². The molecular formula is C57H47N4OPt-. The molecule has 5 nitrogen and oxygen atoms in total. The Morgan fingerprint density at radius 2 is 1.19 bits per heavy atom. The maximum Gasteiger partial charge on any atom is 0.148 e. The van der Waals surface area contributed by atoms with Gasteiger partial charge in [0, 0.05) is 44.1 Å². The number of hydrogen-bond acceptors (Lipinski definition) is 4. The Kier molecular flexibility index (Phi) is 11.6. The van der Waals surface area contributed by atoms with Crippen molar-refractivity contribution in [2.45, 2.75) is 52.4 Å². The number of rotatable bonds is 7. The Labute approximate surface area is 384 Å². The fraction of sp³-hybridized carbons (Fsp3) is 0.140. The van der Waals surface area contributed by atoms with Crippen molar-refractivity contribution in [3.05, 3.63) is 193 Å². The zero-order valence-corrected chi connectivity index (χ0v) is 38.5. The Hall–Kier alpha value is -6.86. The van der Waals surface area contributed by atoms with E-state index in [-0.39, 0.29) is 37.6 Å². The fourth-order valence-corrected chi connectivity index (χ4v) is 8.38. The number of aromatic hydroxyl groups is 1. The summed E-state index contributed by atoms with van der Waals surface area (Å²) in [6, 6.07) is 61.9. The second-order valence-electron chi connectivity index (χ2n) is 17.9.